The van der Waals surface area contributed by atoms with Gasteiger partial charge in [-0.25, -0.2) is 4.98 Å². The molecule has 0 radical (unpaired) electrons. The number of benzene rings is 2. The Bertz CT molecular complexity index is 786. The first-order chi connectivity index (χ1) is 9.75. The first-order valence-electron chi connectivity index (χ1n) is 6.02. The minimum atomic E-state index is -0.0970. The van der Waals surface area contributed by atoms with Gasteiger partial charge in [-0.2, -0.15) is 0 Å². The van der Waals surface area contributed by atoms with E-state index in [4.69, 9.17) is 0 Å². The van der Waals surface area contributed by atoms with Crippen LogP contribution in [0.3, 0.4) is 0 Å². The molecule has 0 aliphatic heterocycles. The van der Waals surface area contributed by atoms with Crippen LogP contribution in [0.15, 0.2) is 65.0 Å². The lowest BCUT2D eigenvalue weighted by molar-refractivity contribution is 0.464. The summed E-state index contributed by atoms with van der Waals surface area (Å²) in [4.78, 5) is 4.01. The monoisotopic (exact) mass is 265 g/mol. The highest BCUT2D eigenvalue weighted by Crippen LogP contribution is 2.39. The molecule has 3 aromatic rings. The van der Waals surface area contributed by atoms with Gasteiger partial charge in [0.1, 0.15) is 11.4 Å². The molecule has 0 saturated carbocycles. The average molecular weight is 265 g/mol. The van der Waals surface area contributed by atoms with Gasteiger partial charge in [0.25, 0.3) is 0 Å². The molecule has 0 bridgehead atoms. The zero-order valence-electron chi connectivity index (χ0n) is 10.4. The molecule has 1 aromatic heterocycles. The number of pyridine rings is 1. The van der Waals surface area contributed by atoms with Crippen LogP contribution in [-0.2, 0) is 0 Å². The number of phenols is 2. The summed E-state index contributed by atoms with van der Waals surface area (Å²) < 4.78 is 0. The minimum absolute atomic E-state index is 0.00915. The number of aromatic nitrogens is 1. The van der Waals surface area contributed by atoms with Gasteiger partial charge in [0.05, 0.1) is 5.39 Å². The maximum absolute atomic E-state index is 10.2. The number of aromatic hydroxyl groups is 2. The number of hydrogen-bond acceptors (Lipinski definition) is 5. The molecule has 3 rings (SSSR count). The Morgan fingerprint density at radius 3 is 2.55 bits per heavy atom. The van der Waals surface area contributed by atoms with Gasteiger partial charge in [-0.3, -0.25) is 0 Å². The zero-order valence-corrected chi connectivity index (χ0v) is 10.4. The van der Waals surface area contributed by atoms with E-state index in [0.717, 1.165) is 5.39 Å². The molecule has 0 aliphatic carbocycles. The third kappa shape index (κ3) is 2.16. The Morgan fingerprint density at radius 2 is 1.75 bits per heavy atom. The molecule has 20 heavy (non-hydrogen) atoms. The van der Waals surface area contributed by atoms with E-state index < -0.39 is 0 Å². The van der Waals surface area contributed by atoms with Crippen LogP contribution in [0.25, 0.3) is 10.8 Å². The van der Waals surface area contributed by atoms with Crippen molar-refractivity contribution in [3.8, 4) is 11.5 Å². The maximum Gasteiger partial charge on any atom is 0.174 e. The number of phenolic OH excluding ortho intramolecular Hbond substituents is 2. The van der Waals surface area contributed by atoms with Gasteiger partial charge in [0, 0.05) is 6.20 Å². The highest BCUT2D eigenvalue weighted by Gasteiger charge is 2.09. The van der Waals surface area contributed by atoms with E-state index in [2.05, 4.69) is 15.2 Å². The number of rotatable bonds is 2. The molecule has 0 atom stereocenters. The second-order valence-electron chi connectivity index (χ2n) is 4.20. The summed E-state index contributed by atoms with van der Waals surface area (Å²) in [5.74, 6) is 0.361. The van der Waals surface area contributed by atoms with Crippen LogP contribution in [-0.4, -0.2) is 15.2 Å². The van der Waals surface area contributed by atoms with Crippen molar-refractivity contribution >= 4 is 22.3 Å². The van der Waals surface area contributed by atoms with Crippen molar-refractivity contribution in [3.05, 3.63) is 54.7 Å². The third-order valence-corrected chi connectivity index (χ3v) is 2.88. The normalized spacial score (nSPS) is 11.2. The maximum atomic E-state index is 10.2. The van der Waals surface area contributed by atoms with Crippen LogP contribution in [0.5, 0.6) is 11.5 Å². The number of azo groups is 1. The summed E-state index contributed by atoms with van der Waals surface area (Å²) in [5, 5.41) is 29.0. The van der Waals surface area contributed by atoms with Gasteiger partial charge in [-0.1, -0.05) is 24.3 Å². The van der Waals surface area contributed by atoms with Crippen molar-refractivity contribution in [1.82, 2.24) is 4.98 Å². The van der Waals surface area contributed by atoms with Crippen molar-refractivity contribution in [2.75, 3.05) is 0 Å². The molecule has 98 valence electrons. The summed E-state index contributed by atoms with van der Waals surface area (Å²) in [6.45, 7) is 0. The SMILES string of the molecule is Oc1cccc2ccc(N=Nc3ccccn3)c(O)c12. The predicted molar refractivity (Wildman–Crippen MR) is 75.7 cm³/mol. The van der Waals surface area contributed by atoms with Gasteiger partial charge in [-0.15, -0.1) is 10.2 Å². The van der Waals surface area contributed by atoms with Crippen molar-refractivity contribution in [1.29, 1.82) is 0 Å². The lowest BCUT2D eigenvalue weighted by atomic mass is 10.1. The standard InChI is InChI=1S/C15H11N3O2/c19-12-5-3-4-10-7-8-11(15(20)14(10)12)17-18-13-6-1-2-9-16-13/h1-9,19-20H. The van der Waals surface area contributed by atoms with Gasteiger partial charge in [0.2, 0.25) is 0 Å². The Labute approximate surface area is 114 Å². The van der Waals surface area contributed by atoms with Crippen LogP contribution in [0.4, 0.5) is 11.5 Å². The van der Waals surface area contributed by atoms with E-state index in [9.17, 15) is 10.2 Å². The van der Waals surface area contributed by atoms with Crippen molar-refractivity contribution < 1.29 is 10.2 Å². The van der Waals surface area contributed by atoms with Gasteiger partial charge in [-0.05, 0) is 29.7 Å². The molecule has 1 heterocycles. The van der Waals surface area contributed by atoms with E-state index in [-0.39, 0.29) is 17.2 Å². The molecule has 0 spiro atoms. The van der Waals surface area contributed by atoms with E-state index in [0.29, 0.717) is 11.2 Å². The number of nitrogens with zero attached hydrogens (tertiary/aromatic N) is 3. The summed E-state index contributed by atoms with van der Waals surface area (Å²) in [6.07, 6.45) is 1.61. The topological polar surface area (TPSA) is 78.1 Å². The summed E-state index contributed by atoms with van der Waals surface area (Å²) in [6, 6.07) is 13.7. The molecular formula is C15H11N3O2. The Morgan fingerprint density at radius 1 is 0.850 bits per heavy atom. The average Bonchev–Trinajstić information content (AvgIpc) is 2.48. The van der Waals surface area contributed by atoms with Gasteiger partial charge in [0.15, 0.2) is 11.6 Å². The molecule has 5 nitrogen and oxygen atoms in total. The second kappa shape index (κ2) is 4.97. The lowest BCUT2D eigenvalue weighted by Crippen LogP contribution is -1.76. The predicted octanol–water partition coefficient (Wildman–Crippen LogP) is 4.06. The van der Waals surface area contributed by atoms with Crippen molar-refractivity contribution in [2.24, 2.45) is 10.2 Å². The fourth-order valence-electron chi connectivity index (χ4n) is 1.93. The molecule has 0 amide bonds. The van der Waals surface area contributed by atoms with E-state index in [1.54, 1.807) is 48.7 Å². The first-order valence-corrected chi connectivity index (χ1v) is 6.02. The van der Waals surface area contributed by atoms with Gasteiger partial charge < -0.3 is 10.2 Å². The van der Waals surface area contributed by atoms with Gasteiger partial charge >= 0.3 is 0 Å². The summed E-state index contributed by atoms with van der Waals surface area (Å²) >= 11 is 0. The molecule has 5 heteroatoms. The first kappa shape index (κ1) is 12.1. The summed E-state index contributed by atoms with van der Waals surface area (Å²) in [5.41, 5.74) is 0.282. The third-order valence-electron chi connectivity index (χ3n) is 2.88. The number of fused-ring (bicyclic) bond motifs is 1. The highest BCUT2D eigenvalue weighted by atomic mass is 16.3. The quantitative estimate of drug-likeness (QED) is 0.686. The highest BCUT2D eigenvalue weighted by molar-refractivity contribution is 5.96. The zero-order chi connectivity index (χ0) is 13.9. The molecule has 0 aliphatic rings. The fraction of sp³-hybridized carbons (Fsp3) is 0. The molecular weight excluding hydrogens is 254 g/mol. The van der Waals surface area contributed by atoms with Crippen LogP contribution in [0, 0.1) is 0 Å². The fourth-order valence-corrected chi connectivity index (χ4v) is 1.93. The van der Waals surface area contributed by atoms with Crippen LogP contribution in [0.1, 0.15) is 0 Å². The second-order valence-corrected chi connectivity index (χ2v) is 4.20. The van der Waals surface area contributed by atoms with Crippen molar-refractivity contribution in [3.63, 3.8) is 0 Å². The van der Waals surface area contributed by atoms with Crippen LogP contribution < -0.4 is 0 Å². The Balaban J connectivity index is 2.07. The lowest BCUT2D eigenvalue weighted by Gasteiger charge is -2.05. The molecule has 2 N–H and O–H groups in total. The smallest absolute Gasteiger partial charge is 0.174 e. The van der Waals surface area contributed by atoms with E-state index in [1.807, 2.05) is 0 Å². The van der Waals surface area contributed by atoms with E-state index in [1.165, 1.54) is 6.07 Å². The molecule has 0 fully saturated rings. The van der Waals surface area contributed by atoms with Crippen LogP contribution >= 0.6 is 0 Å². The van der Waals surface area contributed by atoms with Crippen LogP contribution in [0.2, 0.25) is 0 Å². The van der Waals surface area contributed by atoms with Crippen molar-refractivity contribution in [2.45, 2.75) is 0 Å². The molecule has 2 aromatic carbocycles. The Hall–Kier alpha value is -2.95. The molecule has 0 unspecified atom stereocenters. The largest absolute Gasteiger partial charge is 0.507 e. The minimum Gasteiger partial charge on any atom is -0.507 e. The number of hydrogen-bond donors (Lipinski definition) is 2. The Kier molecular flexibility index (Phi) is 3.01. The van der Waals surface area contributed by atoms with E-state index >= 15 is 0 Å². The summed E-state index contributed by atoms with van der Waals surface area (Å²) in [7, 11) is 0. The molecule has 0 saturated heterocycles.